The van der Waals surface area contributed by atoms with E-state index in [9.17, 15) is 4.79 Å². The van der Waals surface area contributed by atoms with Gasteiger partial charge in [0.1, 0.15) is 5.75 Å². The number of nitrogens with one attached hydrogen (secondary N) is 1. The van der Waals surface area contributed by atoms with Crippen LogP contribution in [0.4, 0.5) is 0 Å². The van der Waals surface area contributed by atoms with E-state index in [0.29, 0.717) is 22.3 Å². The lowest BCUT2D eigenvalue weighted by Gasteiger charge is -2.22. The Morgan fingerprint density at radius 2 is 1.67 bits per heavy atom. The Kier molecular flexibility index (Phi) is 6.97. The van der Waals surface area contributed by atoms with Gasteiger partial charge in [-0.05, 0) is 28.7 Å². The number of carbonyl (C=O) groups is 1. The topological polar surface area (TPSA) is 56.8 Å². The smallest absolute Gasteiger partial charge is 0.258 e. The van der Waals surface area contributed by atoms with Crippen molar-refractivity contribution in [3.63, 3.8) is 0 Å². The summed E-state index contributed by atoms with van der Waals surface area (Å²) in [5.74, 6) is 1.58. The molecule has 0 heterocycles. The number of amides is 1. The molecule has 2 aromatic carbocycles. The number of rotatable bonds is 7. The Hall–Kier alpha value is -2.40. The molecule has 0 aliphatic rings. The van der Waals surface area contributed by atoms with Crippen molar-refractivity contribution in [1.82, 2.24) is 5.32 Å². The highest BCUT2D eigenvalue weighted by Crippen LogP contribution is 2.33. The fourth-order valence-corrected chi connectivity index (χ4v) is 2.85. The van der Waals surface area contributed by atoms with Crippen LogP contribution in [-0.4, -0.2) is 26.7 Å². The molecule has 6 heteroatoms. The van der Waals surface area contributed by atoms with Crippen LogP contribution in [0.25, 0.3) is 0 Å². The predicted octanol–water partition coefficient (Wildman–Crippen LogP) is 4.35. The third kappa shape index (κ3) is 5.54. The highest BCUT2D eigenvalue weighted by Gasteiger charge is 2.19. The first kappa shape index (κ1) is 20.9. The SMILES string of the molecule is COc1cc(Cl)c(CNC(=O)COc2ccccc2C(C)(C)C)cc1OC. The second kappa shape index (κ2) is 9.00. The van der Waals surface area contributed by atoms with Crippen LogP contribution in [0.15, 0.2) is 36.4 Å². The Labute approximate surface area is 165 Å². The van der Waals surface area contributed by atoms with Crippen molar-refractivity contribution in [2.45, 2.75) is 32.7 Å². The van der Waals surface area contributed by atoms with Crippen LogP contribution >= 0.6 is 11.6 Å². The number of hydrogen-bond donors (Lipinski definition) is 1. The first-order valence-electron chi connectivity index (χ1n) is 8.65. The van der Waals surface area contributed by atoms with Gasteiger partial charge in [-0.2, -0.15) is 0 Å². The lowest BCUT2D eigenvalue weighted by Crippen LogP contribution is -2.29. The van der Waals surface area contributed by atoms with Crippen molar-refractivity contribution in [3.05, 3.63) is 52.5 Å². The molecule has 0 saturated carbocycles. The molecule has 0 aromatic heterocycles. The van der Waals surface area contributed by atoms with Gasteiger partial charge >= 0.3 is 0 Å². The lowest BCUT2D eigenvalue weighted by molar-refractivity contribution is -0.123. The van der Waals surface area contributed by atoms with Crippen LogP contribution in [0, 0.1) is 0 Å². The Bertz CT molecular complexity index is 799. The average Bonchev–Trinajstić information content (AvgIpc) is 2.64. The van der Waals surface area contributed by atoms with E-state index in [1.807, 2.05) is 24.3 Å². The van der Waals surface area contributed by atoms with Crippen LogP contribution < -0.4 is 19.5 Å². The first-order chi connectivity index (χ1) is 12.8. The molecular formula is C21H26ClNO4. The summed E-state index contributed by atoms with van der Waals surface area (Å²) >= 11 is 6.25. The molecule has 1 amide bonds. The van der Waals surface area contributed by atoms with Crippen LogP contribution in [0.2, 0.25) is 5.02 Å². The molecule has 0 bridgehead atoms. The quantitative estimate of drug-likeness (QED) is 0.762. The molecule has 0 aliphatic heterocycles. The number of halogens is 1. The minimum absolute atomic E-state index is 0.0692. The van der Waals surface area contributed by atoms with Gasteiger partial charge in [0, 0.05) is 17.6 Å². The largest absolute Gasteiger partial charge is 0.493 e. The number of methoxy groups -OCH3 is 2. The standard InChI is InChI=1S/C21H26ClNO4/c1-21(2,3)15-8-6-7-9-17(15)27-13-20(24)23-12-14-10-18(25-4)19(26-5)11-16(14)22/h6-11H,12-13H2,1-5H3,(H,23,24). The summed E-state index contributed by atoms with van der Waals surface area (Å²) in [6, 6.07) is 11.2. The van der Waals surface area contributed by atoms with Gasteiger partial charge < -0.3 is 19.5 Å². The fourth-order valence-electron chi connectivity index (χ4n) is 2.63. The molecule has 0 atom stereocenters. The summed E-state index contributed by atoms with van der Waals surface area (Å²) in [5.41, 5.74) is 1.72. The molecule has 146 valence electrons. The molecule has 1 N–H and O–H groups in total. The van der Waals surface area contributed by atoms with E-state index in [2.05, 4.69) is 26.1 Å². The van der Waals surface area contributed by atoms with E-state index < -0.39 is 0 Å². The van der Waals surface area contributed by atoms with Gasteiger partial charge in [0.25, 0.3) is 5.91 Å². The van der Waals surface area contributed by atoms with E-state index in [1.165, 1.54) is 0 Å². The second-order valence-electron chi connectivity index (χ2n) is 7.11. The van der Waals surface area contributed by atoms with Crippen molar-refractivity contribution in [1.29, 1.82) is 0 Å². The summed E-state index contributed by atoms with van der Waals surface area (Å²) in [4.78, 5) is 12.2. The first-order valence-corrected chi connectivity index (χ1v) is 9.03. The zero-order chi connectivity index (χ0) is 20.0. The molecular weight excluding hydrogens is 366 g/mol. The van der Waals surface area contributed by atoms with Gasteiger partial charge in [0.15, 0.2) is 18.1 Å². The Morgan fingerprint density at radius 3 is 2.30 bits per heavy atom. The van der Waals surface area contributed by atoms with E-state index in [4.69, 9.17) is 25.8 Å². The van der Waals surface area contributed by atoms with Crippen LogP contribution in [0.1, 0.15) is 31.9 Å². The van der Waals surface area contributed by atoms with Crippen molar-refractivity contribution >= 4 is 17.5 Å². The number of benzene rings is 2. The second-order valence-corrected chi connectivity index (χ2v) is 7.52. The van der Waals surface area contributed by atoms with Gasteiger partial charge in [0.05, 0.1) is 14.2 Å². The van der Waals surface area contributed by atoms with Crippen molar-refractivity contribution in [2.75, 3.05) is 20.8 Å². The predicted molar refractivity (Wildman–Crippen MR) is 107 cm³/mol. The highest BCUT2D eigenvalue weighted by atomic mass is 35.5. The van der Waals surface area contributed by atoms with E-state index in [-0.39, 0.29) is 24.5 Å². The monoisotopic (exact) mass is 391 g/mol. The van der Waals surface area contributed by atoms with Gasteiger partial charge in [-0.15, -0.1) is 0 Å². The minimum Gasteiger partial charge on any atom is -0.493 e. The summed E-state index contributed by atoms with van der Waals surface area (Å²) < 4.78 is 16.2. The van der Waals surface area contributed by atoms with Crippen molar-refractivity contribution in [2.24, 2.45) is 0 Å². The summed E-state index contributed by atoms with van der Waals surface area (Å²) in [6.45, 7) is 6.51. The Morgan fingerprint density at radius 1 is 1.04 bits per heavy atom. The normalized spacial score (nSPS) is 11.0. The van der Waals surface area contributed by atoms with E-state index in [1.54, 1.807) is 26.4 Å². The molecule has 0 spiro atoms. The molecule has 2 rings (SSSR count). The maximum Gasteiger partial charge on any atom is 0.258 e. The average molecular weight is 392 g/mol. The number of hydrogen-bond acceptors (Lipinski definition) is 4. The summed E-state index contributed by atoms with van der Waals surface area (Å²) in [6.07, 6.45) is 0. The third-order valence-corrected chi connectivity index (χ3v) is 4.43. The minimum atomic E-state index is -0.232. The molecule has 27 heavy (non-hydrogen) atoms. The zero-order valence-electron chi connectivity index (χ0n) is 16.4. The van der Waals surface area contributed by atoms with Gasteiger partial charge in [-0.1, -0.05) is 50.6 Å². The lowest BCUT2D eigenvalue weighted by atomic mass is 9.86. The maximum absolute atomic E-state index is 12.2. The van der Waals surface area contributed by atoms with E-state index in [0.717, 1.165) is 11.1 Å². The van der Waals surface area contributed by atoms with Crippen LogP contribution in [0.5, 0.6) is 17.2 Å². The maximum atomic E-state index is 12.2. The fraction of sp³-hybridized carbons (Fsp3) is 0.381. The molecule has 0 aliphatic carbocycles. The van der Waals surface area contributed by atoms with E-state index >= 15 is 0 Å². The number of ether oxygens (including phenoxy) is 3. The molecule has 2 aromatic rings. The molecule has 0 saturated heterocycles. The Balaban J connectivity index is 1.98. The third-order valence-electron chi connectivity index (χ3n) is 4.08. The molecule has 5 nitrogen and oxygen atoms in total. The highest BCUT2D eigenvalue weighted by molar-refractivity contribution is 6.31. The van der Waals surface area contributed by atoms with Gasteiger partial charge in [-0.25, -0.2) is 0 Å². The number of carbonyl (C=O) groups excluding carboxylic acids is 1. The summed E-state index contributed by atoms with van der Waals surface area (Å²) in [5, 5.41) is 3.30. The molecule has 0 radical (unpaired) electrons. The summed E-state index contributed by atoms with van der Waals surface area (Å²) in [7, 11) is 3.09. The number of para-hydroxylation sites is 1. The van der Waals surface area contributed by atoms with Crippen LogP contribution in [-0.2, 0) is 16.8 Å². The van der Waals surface area contributed by atoms with Crippen molar-refractivity contribution in [3.8, 4) is 17.2 Å². The van der Waals surface area contributed by atoms with Gasteiger partial charge in [-0.3, -0.25) is 4.79 Å². The molecule has 0 fully saturated rings. The zero-order valence-corrected chi connectivity index (χ0v) is 17.1. The van der Waals surface area contributed by atoms with Gasteiger partial charge in [0.2, 0.25) is 0 Å². The van der Waals surface area contributed by atoms with Crippen LogP contribution in [0.3, 0.4) is 0 Å². The van der Waals surface area contributed by atoms with Crippen molar-refractivity contribution < 1.29 is 19.0 Å². The molecule has 0 unspecified atom stereocenters.